The SMILES string of the molecule is Cc1cnc(C2CCOCC2)n1C1CCN(C(=O)CCC2CCCC2)C1. The van der Waals surface area contributed by atoms with E-state index in [9.17, 15) is 4.79 Å². The van der Waals surface area contributed by atoms with E-state index in [1.165, 1.54) is 37.2 Å². The molecule has 1 saturated carbocycles. The molecule has 3 heterocycles. The molecule has 0 aromatic carbocycles. The van der Waals surface area contributed by atoms with Crippen LogP contribution in [0.3, 0.4) is 0 Å². The maximum absolute atomic E-state index is 12.7. The third-order valence-electron chi connectivity index (χ3n) is 6.72. The second-order valence-electron chi connectivity index (χ2n) is 8.49. The molecule has 5 nitrogen and oxygen atoms in total. The highest BCUT2D eigenvalue weighted by molar-refractivity contribution is 5.76. The van der Waals surface area contributed by atoms with Gasteiger partial charge in [0, 0.05) is 50.5 Å². The first-order valence-corrected chi connectivity index (χ1v) is 10.6. The van der Waals surface area contributed by atoms with Crippen molar-refractivity contribution in [1.29, 1.82) is 0 Å². The zero-order valence-corrected chi connectivity index (χ0v) is 16.2. The van der Waals surface area contributed by atoms with Crippen LogP contribution in [0, 0.1) is 12.8 Å². The highest BCUT2D eigenvalue weighted by Gasteiger charge is 2.32. The molecular weight excluding hydrogens is 326 g/mol. The molecule has 1 atom stereocenters. The Balaban J connectivity index is 1.37. The summed E-state index contributed by atoms with van der Waals surface area (Å²) in [5, 5.41) is 0. The number of carbonyl (C=O) groups is 1. The third-order valence-corrected chi connectivity index (χ3v) is 6.72. The molecule has 144 valence electrons. The molecule has 1 unspecified atom stereocenters. The highest BCUT2D eigenvalue weighted by atomic mass is 16.5. The van der Waals surface area contributed by atoms with Gasteiger partial charge in [-0.05, 0) is 38.5 Å². The molecule has 1 aromatic heterocycles. The van der Waals surface area contributed by atoms with E-state index >= 15 is 0 Å². The minimum absolute atomic E-state index is 0.366. The lowest BCUT2D eigenvalue weighted by Crippen LogP contribution is -2.30. The highest BCUT2D eigenvalue weighted by Crippen LogP contribution is 2.33. The maximum atomic E-state index is 12.7. The van der Waals surface area contributed by atoms with Gasteiger partial charge < -0.3 is 14.2 Å². The van der Waals surface area contributed by atoms with Gasteiger partial charge in [0.15, 0.2) is 0 Å². The van der Waals surface area contributed by atoms with Crippen molar-refractivity contribution in [1.82, 2.24) is 14.5 Å². The number of hydrogen-bond donors (Lipinski definition) is 0. The molecule has 4 rings (SSSR count). The van der Waals surface area contributed by atoms with Crippen LogP contribution in [0.15, 0.2) is 6.20 Å². The third kappa shape index (κ3) is 3.83. The first-order valence-electron chi connectivity index (χ1n) is 10.6. The van der Waals surface area contributed by atoms with Crippen LogP contribution in [0.2, 0.25) is 0 Å². The number of rotatable bonds is 5. The van der Waals surface area contributed by atoms with E-state index in [0.717, 1.165) is 64.3 Å². The monoisotopic (exact) mass is 359 g/mol. The summed E-state index contributed by atoms with van der Waals surface area (Å²) in [6.07, 6.45) is 12.4. The average molecular weight is 360 g/mol. The van der Waals surface area contributed by atoms with Crippen LogP contribution in [-0.4, -0.2) is 46.7 Å². The average Bonchev–Trinajstić information content (AvgIpc) is 3.41. The van der Waals surface area contributed by atoms with Gasteiger partial charge in [0.25, 0.3) is 0 Å². The molecule has 3 fully saturated rings. The van der Waals surface area contributed by atoms with E-state index in [4.69, 9.17) is 9.72 Å². The summed E-state index contributed by atoms with van der Waals surface area (Å²) in [5.41, 5.74) is 1.23. The lowest BCUT2D eigenvalue weighted by atomic mass is 9.99. The van der Waals surface area contributed by atoms with Crippen LogP contribution in [0.4, 0.5) is 0 Å². The van der Waals surface area contributed by atoms with Gasteiger partial charge in [-0.25, -0.2) is 4.98 Å². The van der Waals surface area contributed by atoms with Crippen molar-refractivity contribution >= 4 is 5.91 Å². The van der Waals surface area contributed by atoms with E-state index in [1.807, 2.05) is 6.20 Å². The number of imidazole rings is 1. The van der Waals surface area contributed by atoms with Crippen molar-refractivity contribution in [3.8, 4) is 0 Å². The molecule has 0 radical (unpaired) electrons. The molecule has 26 heavy (non-hydrogen) atoms. The molecule has 1 amide bonds. The van der Waals surface area contributed by atoms with Gasteiger partial charge in [-0.3, -0.25) is 4.79 Å². The lowest BCUT2D eigenvalue weighted by molar-refractivity contribution is -0.130. The fourth-order valence-corrected chi connectivity index (χ4v) is 5.16. The topological polar surface area (TPSA) is 47.4 Å². The van der Waals surface area contributed by atoms with Crippen LogP contribution >= 0.6 is 0 Å². The van der Waals surface area contributed by atoms with Gasteiger partial charge in [-0.15, -0.1) is 0 Å². The summed E-state index contributed by atoms with van der Waals surface area (Å²) in [4.78, 5) is 19.5. The summed E-state index contributed by atoms with van der Waals surface area (Å²) in [6.45, 7) is 5.59. The number of amides is 1. The van der Waals surface area contributed by atoms with Crippen molar-refractivity contribution in [2.45, 2.75) is 76.7 Å². The van der Waals surface area contributed by atoms with Crippen LogP contribution < -0.4 is 0 Å². The second kappa shape index (κ2) is 8.12. The van der Waals surface area contributed by atoms with Crippen LogP contribution in [0.25, 0.3) is 0 Å². The number of ether oxygens (including phenoxy) is 1. The van der Waals surface area contributed by atoms with Crippen LogP contribution in [-0.2, 0) is 9.53 Å². The predicted octanol–water partition coefficient (Wildman–Crippen LogP) is 3.83. The minimum Gasteiger partial charge on any atom is -0.381 e. The Morgan fingerprint density at radius 2 is 1.96 bits per heavy atom. The number of likely N-dealkylation sites (tertiary alicyclic amines) is 1. The molecule has 3 aliphatic rings. The van der Waals surface area contributed by atoms with Gasteiger partial charge >= 0.3 is 0 Å². The van der Waals surface area contributed by atoms with Gasteiger partial charge in [0.2, 0.25) is 5.91 Å². The Bertz CT molecular complexity index is 615. The molecule has 0 bridgehead atoms. The first kappa shape index (κ1) is 18.0. The fourth-order valence-electron chi connectivity index (χ4n) is 5.16. The number of aromatic nitrogens is 2. The van der Waals surface area contributed by atoms with Gasteiger partial charge in [0.1, 0.15) is 5.82 Å². The summed E-state index contributed by atoms with van der Waals surface area (Å²) in [7, 11) is 0. The Labute approximate surface area is 157 Å². The predicted molar refractivity (Wildman–Crippen MR) is 101 cm³/mol. The largest absolute Gasteiger partial charge is 0.381 e. The summed E-state index contributed by atoms with van der Waals surface area (Å²) in [5.74, 6) is 2.89. The molecular formula is C21H33N3O2. The van der Waals surface area contributed by atoms with E-state index in [2.05, 4.69) is 16.4 Å². The number of nitrogens with zero attached hydrogens (tertiary/aromatic N) is 3. The standard InChI is InChI=1S/C21H33N3O2/c1-16-14-22-21(18-9-12-26-13-10-18)24(16)19-8-11-23(15-19)20(25)7-6-17-4-2-3-5-17/h14,17-19H,2-13,15H2,1H3. The first-order chi connectivity index (χ1) is 12.7. The minimum atomic E-state index is 0.366. The van der Waals surface area contributed by atoms with Crippen molar-refractivity contribution in [3.63, 3.8) is 0 Å². The second-order valence-corrected chi connectivity index (χ2v) is 8.49. The molecule has 2 aliphatic heterocycles. The van der Waals surface area contributed by atoms with Crippen molar-refractivity contribution in [2.75, 3.05) is 26.3 Å². The zero-order chi connectivity index (χ0) is 17.9. The summed E-state index contributed by atoms with van der Waals surface area (Å²) < 4.78 is 7.95. The Kier molecular flexibility index (Phi) is 5.63. The van der Waals surface area contributed by atoms with Crippen LogP contribution in [0.5, 0.6) is 0 Å². The van der Waals surface area contributed by atoms with E-state index in [1.54, 1.807) is 0 Å². The van der Waals surface area contributed by atoms with Gasteiger partial charge in [-0.1, -0.05) is 25.7 Å². The molecule has 0 spiro atoms. The number of carbonyl (C=O) groups excluding carboxylic acids is 1. The van der Waals surface area contributed by atoms with Crippen molar-refractivity contribution in [2.24, 2.45) is 5.92 Å². The number of hydrogen-bond acceptors (Lipinski definition) is 3. The normalized spacial score (nSPS) is 25.3. The van der Waals surface area contributed by atoms with Crippen LogP contribution in [0.1, 0.15) is 81.3 Å². The molecule has 5 heteroatoms. The lowest BCUT2D eigenvalue weighted by Gasteiger charge is -2.26. The smallest absolute Gasteiger partial charge is 0.222 e. The summed E-state index contributed by atoms with van der Waals surface area (Å²) in [6, 6.07) is 0.394. The molecule has 1 aliphatic carbocycles. The van der Waals surface area contributed by atoms with Gasteiger partial charge in [0.05, 0.1) is 6.04 Å². The Hall–Kier alpha value is -1.36. The molecule has 0 N–H and O–H groups in total. The zero-order valence-electron chi connectivity index (χ0n) is 16.2. The summed E-state index contributed by atoms with van der Waals surface area (Å²) >= 11 is 0. The van der Waals surface area contributed by atoms with Crippen molar-refractivity contribution in [3.05, 3.63) is 17.7 Å². The van der Waals surface area contributed by atoms with E-state index < -0.39 is 0 Å². The fraction of sp³-hybridized carbons (Fsp3) is 0.810. The number of aryl methyl sites for hydroxylation is 1. The maximum Gasteiger partial charge on any atom is 0.222 e. The quantitative estimate of drug-likeness (QED) is 0.803. The molecule has 1 aromatic rings. The van der Waals surface area contributed by atoms with Crippen molar-refractivity contribution < 1.29 is 9.53 Å². The Morgan fingerprint density at radius 1 is 1.19 bits per heavy atom. The van der Waals surface area contributed by atoms with E-state index in [-0.39, 0.29) is 0 Å². The van der Waals surface area contributed by atoms with E-state index in [0.29, 0.717) is 17.9 Å². The molecule has 2 saturated heterocycles. The Morgan fingerprint density at radius 3 is 2.73 bits per heavy atom. The van der Waals surface area contributed by atoms with Gasteiger partial charge in [-0.2, -0.15) is 0 Å².